The van der Waals surface area contributed by atoms with E-state index in [1.54, 1.807) is 53.4 Å². The van der Waals surface area contributed by atoms with E-state index in [0.29, 0.717) is 24.6 Å². The van der Waals surface area contributed by atoms with E-state index < -0.39 is 10.0 Å². The summed E-state index contributed by atoms with van der Waals surface area (Å²) in [4.78, 5) is 15.3. The van der Waals surface area contributed by atoms with Crippen molar-refractivity contribution in [3.05, 3.63) is 83.9 Å². The molecule has 0 fully saturated rings. The number of ether oxygens (including phenoxy) is 1. The van der Waals surface area contributed by atoms with Crippen molar-refractivity contribution in [3.8, 4) is 5.75 Å². The molecule has 3 aromatic carbocycles. The van der Waals surface area contributed by atoms with Gasteiger partial charge < -0.3 is 9.64 Å². The fourth-order valence-electron chi connectivity index (χ4n) is 4.03. The van der Waals surface area contributed by atoms with Crippen LogP contribution in [0.3, 0.4) is 0 Å². The lowest BCUT2D eigenvalue weighted by atomic mass is 10.0. The van der Waals surface area contributed by atoms with Crippen LogP contribution in [0.2, 0.25) is 0 Å². The van der Waals surface area contributed by atoms with Crippen LogP contribution in [0.15, 0.2) is 77.7 Å². The molecule has 4 rings (SSSR count). The molecule has 0 aromatic heterocycles. The molecule has 0 radical (unpaired) electrons. The molecule has 1 aliphatic rings. The quantitative estimate of drug-likeness (QED) is 0.514. The van der Waals surface area contributed by atoms with Crippen LogP contribution >= 0.6 is 0 Å². The maximum Gasteiger partial charge on any atom is 0.264 e. The predicted molar refractivity (Wildman–Crippen MR) is 130 cm³/mol. The number of hydrogen-bond donors (Lipinski definition) is 0. The van der Waals surface area contributed by atoms with Crippen LogP contribution in [-0.2, 0) is 21.2 Å². The van der Waals surface area contributed by atoms with Gasteiger partial charge in [0.15, 0.2) is 0 Å². The number of carbonyl (C=O) groups excluding carboxylic acids is 1. The summed E-state index contributed by atoms with van der Waals surface area (Å²) in [5.41, 5.74) is 3.33. The highest BCUT2D eigenvalue weighted by molar-refractivity contribution is 7.92. The molecule has 33 heavy (non-hydrogen) atoms. The van der Waals surface area contributed by atoms with E-state index in [4.69, 9.17) is 4.74 Å². The van der Waals surface area contributed by atoms with E-state index in [2.05, 4.69) is 0 Å². The second kappa shape index (κ2) is 9.67. The molecule has 0 N–H and O–H groups in total. The lowest BCUT2D eigenvalue weighted by Gasteiger charge is -2.32. The van der Waals surface area contributed by atoms with Crippen molar-refractivity contribution in [3.63, 3.8) is 0 Å². The number of sulfonamides is 1. The lowest BCUT2D eigenvalue weighted by molar-refractivity contribution is -0.117. The molecule has 0 saturated carbocycles. The molecule has 3 aromatic rings. The highest BCUT2D eigenvalue weighted by Gasteiger charge is 2.31. The van der Waals surface area contributed by atoms with Crippen molar-refractivity contribution in [2.75, 3.05) is 28.9 Å². The van der Waals surface area contributed by atoms with Gasteiger partial charge in [-0.3, -0.25) is 9.10 Å². The Balaban J connectivity index is 1.70. The van der Waals surface area contributed by atoms with E-state index in [9.17, 15) is 13.2 Å². The van der Waals surface area contributed by atoms with Crippen molar-refractivity contribution in [2.24, 2.45) is 0 Å². The molecule has 0 atom stereocenters. The Labute approximate surface area is 195 Å². The third kappa shape index (κ3) is 4.88. The molecule has 1 amide bonds. The van der Waals surface area contributed by atoms with Gasteiger partial charge in [-0.1, -0.05) is 35.9 Å². The summed E-state index contributed by atoms with van der Waals surface area (Å²) in [5.74, 6) is 0.386. The summed E-state index contributed by atoms with van der Waals surface area (Å²) >= 11 is 0. The molecule has 7 heteroatoms. The number of fused-ring (bicyclic) bond motifs is 1. The number of hydrogen-bond acceptors (Lipinski definition) is 4. The Kier molecular flexibility index (Phi) is 6.70. The average Bonchev–Trinajstić information content (AvgIpc) is 2.83. The fraction of sp³-hybridized carbons (Fsp3) is 0.269. The Hall–Kier alpha value is -3.32. The second-order valence-electron chi connectivity index (χ2n) is 8.03. The third-order valence-corrected chi connectivity index (χ3v) is 7.52. The van der Waals surface area contributed by atoms with Gasteiger partial charge >= 0.3 is 0 Å². The summed E-state index contributed by atoms with van der Waals surface area (Å²) in [5, 5.41) is 0. The highest BCUT2D eigenvalue weighted by atomic mass is 32.2. The van der Waals surface area contributed by atoms with E-state index in [-0.39, 0.29) is 17.3 Å². The predicted octanol–water partition coefficient (Wildman–Crippen LogP) is 4.57. The van der Waals surface area contributed by atoms with Crippen LogP contribution in [0, 0.1) is 6.92 Å². The maximum atomic E-state index is 13.6. The molecular weight excluding hydrogens is 436 g/mol. The van der Waals surface area contributed by atoms with Crippen molar-refractivity contribution in [2.45, 2.75) is 31.6 Å². The first-order chi connectivity index (χ1) is 15.9. The Morgan fingerprint density at radius 1 is 1.00 bits per heavy atom. The minimum atomic E-state index is -3.96. The van der Waals surface area contributed by atoms with Gasteiger partial charge in [0, 0.05) is 12.2 Å². The van der Waals surface area contributed by atoms with Gasteiger partial charge in [0.25, 0.3) is 10.0 Å². The summed E-state index contributed by atoms with van der Waals surface area (Å²) in [6, 6.07) is 21.2. The van der Waals surface area contributed by atoms with E-state index in [1.165, 1.54) is 4.31 Å². The van der Waals surface area contributed by atoms with Crippen molar-refractivity contribution < 1.29 is 17.9 Å². The zero-order chi connectivity index (χ0) is 23.4. The normalized spacial score (nSPS) is 13.3. The molecule has 172 valence electrons. The summed E-state index contributed by atoms with van der Waals surface area (Å²) < 4.78 is 34.0. The van der Waals surface area contributed by atoms with Crippen LogP contribution in [0.4, 0.5) is 11.4 Å². The van der Waals surface area contributed by atoms with Gasteiger partial charge in [-0.25, -0.2) is 8.42 Å². The van der Waals surface area contributed by atoms with Crippen LogP contribution < -0.4 is 13.9 Å². The molecule has 0 saturated heterocycles. The van der Waals surface area contributed by atoms with Crippen LogP contribution in [0.5, 0.6) is 5.75 Å². The molecule has 1 aliphatic heterocycles. The standard InChI is InChI=1S/C26H28N2O4S/c1-3-32-23-14-12-22(13-15-23)28(33(30,31)24-16-10-20(2)11-17-24)19-26(29)27-18-6-8-21-7-4-5-9-25(21)27/h4-5,7,9-17H,3,6,8,18-19H2,1-2H3. The lowest BCUT2D eigenvalue weighted by Crippen LogP contribution is -2.45. The van der Waals surface area contributed by atoms with Gasteiger partial charge in [-0.15, -0.1) is 0 Å². The smallest absolute Gasteiger partial charge is 0.264 e. The Morgan fingerprint density at radius 3 is 2.39 bits per heavy atom. The monoisotopic (exact) mass is 464 g/mol. The van der Waals surface area contributed by atoms with E-state index in [1.807, 2.05) is 38.1 Å². The van der Waals surface area contributed by atoms with Gasteiger partial charge in [-0.05, 0) is 74.7 Å². The fourth-order valence-corrected chi connectivity index (χ4v) is 5.44. The van der Waals surface area contributed by atoms with Gasteiger partial charge in [-0.2, -0.15) is 0 Å². The highest BCUT2D eigenvalue weighted by Crippen LogP contribution is 2.29. The number of aryl methyl sites for hydroxylation is 2. The number of amides is 1. The first-order valence-electron chi connectivity index (χ1n) is 11.1. The van der Waals surface area contributed by atoms with Crippen molar-refractivity contribution in [1.82, 2.24) is 0 Å². The topological polar surface area (TPSA) is 66.9 Å². The van der Waals surface area contributed by atoms with Crippen LogP contribution in [0.25, 0.3) is 0 Å². The van der Waals surface area contributed by atoms with Crippen LogP contribution in [0.1, 0.15) is 24.5 Å². The zero-order valence-corrected chi connectivity index (χ0v) is 19.7. The molecule has 0 unspecified atom stereocenters. The number of carbonyl (C=O) groups is 1. The molecule has 0 aliphatic carbocycles. The summed E-state index contributed by atoms with van der Waals surface area (Å²) in [6.07, 6.45) is 1.75. The van der Waals surface area contributed by atoms with Gasteiger partial charge in [0.2, 0.25) is 5.91 Å². The molecule has 1 heterocycles. The van der Waals surface area contributed by atoms with E-state index in [0.717, 1.165) is 29.7 Å². The number of nitrogens with zero attached hydrogens (tertiary/aromatic N) is 2. The SMILES string of the molecule is CCOc1ccc(N(CC(=O)N2CCCc3ccccc32)S(=O)(=O)c2ccc(C)cc2)cc1. The zero-order valence-electron chi connectivity index (χ0n) is 18.9. The minimum absolute atomic E-state index is 0.147. The van der Waals surface area contributed by atoms with Crippen LogP contribution in [-0.4, -0.2) is 34.0 Å². The summed E-state index contributed by atoms with van der Waals surface area (Å²) in [6.45, 7) is 4.57. The molecule has 0 bridgehead atoms. The van der Waals surface area contributed by atoms with E-state index >= 15 is 0 Å². The first kappa shape index (κ1) is 22.9. The average molecular weight is 465 g/mol. The van der Waals surface area contributed by atoms with Gasteiger partial charge in [0.05, 0.1) is 17.2 Å². The minimum Gasteiger partial charge on any atom is -0.494 e. The molecule has 0 spiro atoms. The number of rotatable bonds is 7. The number of benzene rings is 3. The maximum absolute atomic E-state index is 13.6. The Morgan fingerprint density at radius 2 is 1.70 bits per heavy atom. The largest absolute Gasteiger partial charge is 0.494 e. The van der Waals surface area contributed by atoms with Crippen molar-refractivity contribution in [1.29, 1.82) is 0 Å². The first-order valence-corrected chi connectivity index (χ1v) is 12.5. The molecule has 6 nitrogen and oxygen atoms in total. The number of para-hydroxylation sites is 1. The van der Waals surface area contributed by atoms with Gasteiger partial charge in [0.1, 0.15) is 12.3 Å². The molecular formula is C26H28N2O4S. The third-order valence-electron chi connectivity index (χ3n) is 5.73. The number of anilines is 2. The Bertz CT molecular complexity index is 1220. The van der Waals surface area contributed by atoms with Crippen molar-refractivity contribution >= 4 is 27.3 Å². The summed E-state index contributed by atoms with van der Waals surface area (Å²) in [7, 11) is -3.96. The second-order valence-corrected chi connectivity index (χ2v) is 9.89.